The lowest BCUT2D eigenvalue weighted by atomic mass is 9.92. The topological polar surface area (TPSA) is 26.0 Å². The molecular formula is C25H21NO. The minimum absolute atomic E-state index is 0.437. The maximum atomic E-state index is 6.27. The van der Waals surface area contributed by atoms with Crippen LogP contribution in [0.25, 0.3) is 44.0 Å². The van der Waals surface area contributed by atoms with Gasteiger partial charge in [-0.3, -0.25) is 4.98 Å². The fraction of sp³-hybridized carbons (Fsp3) is 0.160. The summed E-state index contributed by atoms with van der Waals surface area (Å²) in [4.78, 5) is 4.71. The quantitative estimate of drug-likeness (QED) is 0.335. The molecule has 0 unspecified atom stereocenters. The first-order valence-electron chi connectivity index (χ1n) is 9.43. The van der Waals surface area contributed by atoms with E-state index in [4.69, 9.17) is 9.40 Å². The van der Waals surface area contributed by atoms with Crippen molar-refractivity contribution < 1.29 is 4.42 Å². The summed E-state index contributed by atoms with van der Waals surface area (Å²) in [5.41, 5.74) is 6.35. The molecule has 132 valence electrons. The largest absolute Gasteiger partial charge is 0.454 e. The number of pyridine rings is 1. The van der Waals surface area contributed by atoms with Crippen molar-refractivity contribution in [3.05, 3.63) is 78.0 Å². The number of aryl methyl sites for hydroxylation is 1. The zero-order chi connectivity index (χ0) is 18.5. The van der Waals surface area contributed by atoms with Gasteiger partial charge < -0.3 is 4.42 Å². The molecule has 0 saturated heterocycles. The van der Waals surface area contributed by atoms with Crippen molar-refractivity contribution in [2.24, 2.45) is 0 Å². The average molecular weight is 351 g/mol. The van der Waals surface area contributed by atoms with Gasteiger partial charge in [-0.1, -0.05) is 50.2 Å². The summed E-state index contributed by atoms with van der Waals surface area (Å²) >= 11 is 0. The third kappa shape index (κ3) is 2.52. The van der Waals surface area contributed by atoms with Gasteiger partial charge in [0.15, 0.2) is 5.58 Å². The number of benzene rings is 3. The van der Waals surface area contributed by atoms with E-state index in [-0.39, 0.29) is 0 Å². The minimum atomic E-state index is 0.437. The normalized spacial score (nSPS) is 11.9. The van der Waals surface area contributed by atoms with Crippen LogP contribution in [0.15, 0.2) is 71.3 Å². The van der Waals surface area contributed by atoms with Gasteiger partial charge >= 0.3 is 0 Å². The van der Waals surface area contributed by atoms with Crippen LogP contribution in [0.1, 0.15) is 30.9 Å². The van der Waals surface area contributed by atoms with E-state index < -0.39 is 0 Å². The van der Waals surface area contributed by atoms with Crippen LogP contribution in [0.2, 0.25) is 0 Å². The van der Waals surface area contributed by atoms with Crippen molar-refractivity contribution in [3.63, 3.8) is 0 Å². The number of aromatic nitrogens is 1. The summed E-state index contributed by atoms with van der Waals surface area (Å²) in [5, 5.41) is 4.81. The Labute approximate surface area is 158 Å². The first kappa shape index (κ1) is 16.1. The number of hydrogen-bond donors (Lipinski definition) is 0. The molecule has 5 aromatic rings. The van der Waals surface area contributed by atoms with E-state index in [0.29, 0.717) is 5.92 Å². The van der Waals surface area contributed by atoms with Crippen LogP contribution < -0.4 is 0 Å². The number of nitrogens with zero attached hydrogens (tertiary/aromatic N) is 1. The molecule has 0 spiro atoms. The Hall–Kier alpha value is -3.13. The summed E-state index contributed by atoms with van der Waals surface area (Å²) in [6.07, 6.45) is 1.89. The Bertz CT molecular complexity index is 1310. The molecule has 0 amide bonds. The number of fused-ring (bicyclic) bond motifs is 4. The van der Waals surface area contributed by atoms with E-state index in [1.165, 1.54) is 21.9 Å². The third-order valence-electron chi connectivity index (χ3n) is 5.33. The summed E-state index contributed by atoms with van der Waals surface area (Å²) in [6, 6.07) is 21.5. The van der Waals surface area contributed by atoms with Crippen molar-refractivity contribution in [3.8, 4) is 11.3 Å². The van der Waals surface area contributed by atoms with Crippen LogP contribution in [0, 0.1) is 6.92 Å². The van der Waals surface area contributed by atoms with Crippen LogP contribution in [0.5, 0.6) is 0 Å². The van der Waals surface area contributed by atoms with Crippen LogP contribution in [-0.2, 0) is 0 Å². The Kier molecular flexibility index (Phi) is 3.54. The molecule has 0 saturated carbocycles. The van der Waals surface area contributed by atoms with Gasteiger partial charge in [0.1, 0.15) is 11.3 Å². The van der Waals surface area contributed by atoms with Crippen LogP contribution in [-0.4, -0.2) is 4.98 Å². The Morgan fingerprint density at radius 3 is 2.56 bits per heavy atom. The maximum Gasteiger partial charge on any atom is 0.161 e. The zero-order valence-corrected chi connectivity index (χ0v) is 15.8. The van der Waals surface area contributed by atoms with Crippen LogP contribution in [0.3, 0.4) is 0 Å². The number of hydrogen-bond acceptors (Lipinski definition) is 2. The summed E-state index contributed by atoms with van der Waals surface area (Å²) in [7, 11) is 0. The molecule has 0 aliphatic rings. The maximum absolute atomic E-state index is 6.27. The van der Waals surface area contributed by atoms with Gasteiger partial charge in [0.05, 0.1) is 0 Å². The Morgan fingerprint density at radius 1 is 0.852 bits per heavy atom. The van der Waals surface area contributed by atoms with Crippen molar-refractivity contribution in [2.45, 2.75) is 26.7 Å². The molecule has 0 radical (unpaired) electrons. The van der Waals surface area contributed by atoms with E-state index in [1.54, 1.807) is 0 Å². The lowest BCUT2D eigenvalue weighted by molar-refractivity contribution is 0.668. The van der Waals surface area contributed by atoms with E-state index in [9.17, 15) is 0 Å². The second kappa shape index (κ2) is 5.95. The molecule has 0 N–H and O–H groups in total. The van der Waals surface area contributed by atoms with Gasteiger partial charge in [-0.2, -0.15) is 0 Å². The predicted molar refractivity (Wildman–Crippen MR) is 113 cm³/mol. The molecule has 27 heavy (non-hydrogen) atoms. The van der Waals surface area contributed by atoms with E-state index in [2.05, 4.69) is 75.4 Å². The first-order valence-corrected chi connectivity index (χ1v) is 9.43. The first-order chi connectivity index (χ1) is 13.1. The molecule has 2 heterocycles. The highest BCUT2D eigenvalue weighted by atomic mass is 16.3. The van der Waals surface area contributed by atoms with Crippen LogP contribution in [0.4, 0.5) is 0 Å². The van der Waals surface area contributed by atoms with Gasteiger partial charge in [0, 0.05) is 22.5 Å². The highest BCUT2D eigenvalue weighted by Crippen LogP contribution is 2.37. The molecule has 2 heteroatoms. The van der Waals surface area contributed by atoms with Gasteiger partial charge in [0.2, 0.25) is 0 Å². The van der Waals surface area contributed by atoms with E-state index >= 15 is 0 Å². The molecule has 3 aromatic carbocycles. The Morgan fingerprint density at radius 2 is 1.70 bits per heavy atom. The predicted octanol–water partition coefficient (Wildman–Crippen LogP) is 7.23. The van der Waals surface area contributed by atoms with Crippen molar-refractivity contribution in [2.75, 3.05) is 0 Å². The standard InChI is InChI=1S/C25H21NO/c1-15(2)22-14-18(13-17-6-4-5-7-19(17)22)24-25-21(10-11-26-24)20-9-8-16(3)12-23(20)27-25/h4-15H,1-3H3. The third-order valence-corrected chi connectivity index (χ3v) is 5.33. The van der Waals surface area contributed by atoms with Gasteiger partial charge in [-0.05, 0) is 59.0 Å². The SMILES string of the molecule is Cc1ccc2c(c1)oc1c(-c3cc(C(C)C)c4ccccc4c3)nccc12. The molecule has 0 atom stereocenters. The van der Waals surface area contributed by atoms with Crippen LogP contribution >= 0.6 is 0 Å². The second-order valence-electron chi connectivity index (χ2n) is 7.58. The molecular weight excluding hydrogens is 330 g/mol. The molecule has 2 nitrogen and oxygen atoms in total. The average Bonchev–Trinajstić information content (AvgIpc) is 3.04. The smallest absolute Gasteiger partial charge is 0.161 e. The van der Waals surface area contributed by atoms with E-state index in [1.807, 2.05) is 12.3 Å². The molecule has 0 aliphatic carbocycles. The lowest BCUT2D eigenvalue weighted by Gasteiger charge is -2.13. The van der Waals surface area contributed by atoms with E-state index in [0.717, 1.165) is 33.2 Å². The molecule has 5 rings (SSSR count). The Balaban J connectivity index is 1.84. The lowest BCUT2D eigenvalue weighted by Crippen LogP contribution is -1.92. The van der Waals surface area contributed by atoms with Crippen molar-refractivity contribution >= 4 is 32.7 Å². The molecule has 0 bridgehead atoms. The molecule has 0 aliphatic heterocycles. The summed E-state index contributed by atoms with van der Waals surface area (Å²) < 4.78 is 6.27. The second-order valence-corrected chi connectivity index (χ2v) is 7.58. The summed E-state index contributed by atoms with van der Waals surface area (Å²) in [5.74, 6) is 0.437. The number of furan rings is 1. The fourth-order valence-corrected chi connectivity index (χ4v) is 3.97. The zero-order valence-electron chi connectivity index (χ0n) is 15.8. The highest BCUT2D eigenvalue weighted by Gasteiger charge is 2.16. The monoisotopic (exact) mass is 351 g/mol. The molecule has 0 fully saturated rings. The fourth-order valence-electron chi connectivity index (χ4n) is 3.97. The summed E-state index contributed by atoms with van der Waals surface area (Å²) in [6.45, 7) is 6.57. The van der Waals surface area contributed by atoms with Crippen molar-refractivity contribution in [1.29, 1.82) is 0 Å². The van der Waals surface area contributed by atoms with Gasteiger partial charge in [-0.25, -0.2) is 0 Å². The van der Waals surface area contributed by atoms with Crippen molar-refractivity contribution in [1.82, 2.24) is 4.98 Å². The highest BCUT2D eigenvalue weighted by molar-refractivity contribution is 6.09. The van der Waals surface area contributed by atoms with Gasteiger partial charge in [0.25, 0.3) is 0 Å². The number of rotatable bonds is 2. The minimum Gasteiger partial charge on any atom is -0.454 e. The van der Waals surface area contributed by atoms with Gasteiger partial charge in [-0.15, -0.1) is 0 Å². The molecule has 2 aromatic heterocycles.